The van der Waals surface area contributed by atoms with E-state index in [1.165, 1.54) is 0 Å². The average Bonchev–Trinajstić information content (AvgIpc) is 2.82. The van der Waals surface area contributed by atoms with E-state index < -0.39 is 0 Å². The number of aromatic nitrogens is 2. The first kappa shape index (κ1) is 15.7. The van der Waals surface area contributed by atoms with Crippen LogP contribution in [0.15, 0.2) is 0 Å². The standard InChI is InChI=1S/C13H23N5O3/c1-3-11-12(18(20)21)13(15(2)14-11)17-8-6-16(7-9-17)5-4-10-19/h19H,3-10H2,1-2H3. The van der Waals surface area contributed by atoms with Crippen LogP contribution < -0.4 is 4.90 Å². The van der Waals surface area contributed by atoms with Crippen LogP contribution in [0.2, 0.25) is 0 Å². The average molecular weight is 297 g/mol. The molecule has 0 aromatic carbocycles. The summed E-state index contributed by atoms with van der Waals surface area (Å²) in [7, 11) is 1.76. The van der Waals surface area contributed by atoms with Crippen molar-refractivity contribution in [3.8, 4) is 0 Å². The van der Waals surface area contributed by atoms with Gasteiger partial charge in [0.1, 0.15) is 5.69 Å². The smallest absolute Gasteiger partial charge is 0.334 e. The fourth-order valence-corrected chi connectivity index (χ4v) is 2.82. The number of hydrogen-bond acceptors (Lipinski definition) is 6. The molecule has 118 valence electrons. The molecule has 2 heterocycles. The first-order chi connectivity index (χ1) is 10.1. The summed E-state index contributed by atoms with van der Waals surface area (Å²) in [5.74, 6) is 0.610. The normalized spacial score (nSPS) is 16.4. The van der Waals surface area contributed by atoms with Gasteiger partial charge in [0.25, 0.3) is 0 Å². The molecule has 8 heteroatoms. The van der Waals surface area contributed by atoms with Gasteiger partial charge in [-0.2, -0.15) is 5.10 Å². The Kier molecular flexibility index (Phi) is 5.13. The molecule has 0 spiro atoms. The number of nitro groups is 1. The molecule has 1 saturated heterocycles. The number of rotatable bonds is 6. The quantitative estimate of drug-likeness (QED) is 0.604. The Labute approximate surface area is 124 Å². The van der Waals surface area contributed by atoms with Crippen LogP contribution in [-0.4, -0.2) is 64.0 Å². The zero-order valence-corrected chi connectivity index (χ0v) is 12.7. The number of aryl methyl sites for hydroxylation is 2. The third-order valence-electron chi connectivity index (χ3n) is 3.88. The lowest BCUT2D eigenvalue weighted by atomic mass is 10.2. The highest BCUT2D eigenvalue weighted by atomic mass is 16.6. The molecule has 0 atom stereocenters. The van der Waals surface area contributed by atoms with E-state index in [1.807, 2.05) is 11.8 Å². The Hall–Kier alpha value is -1.67. The second kappa shape index (κ2) is 6.86. The number of anilines is 1. The first-order valence-corrected chi connectivity index (χ1v) is 7.36. The van der Waals surface area contributed by atoms with Gasteiger partial charge in [-0.05, 0) is 12.8 Å². The second-order valence-electron chi connectivity index (χ2n) is 5.26. The minimum absolute atomic E-state index is 0.142. The summed E-state index contributed by atoms with van der Waals surface area (Å²) in [6.45, 7) is 6.15. The van der Waals surface area contributed by atoms with E-state index in [0.717, 1.165) is 39.1 Å². The Morgan fingerprint density at radius 2 is 2.00 bits per heavy atom. The highest BCUT2D eigenvalue weighted by molar-refractivity contribution is 5.61. The molecule has 1 aromatic rings. The molecule has 0 bridgehead atoms. The van der Waals surface area contributed by atoms with Crippen molar-refractivity contribution in [2.45, 2.75) is 19.8 Å². The Morgan fingerprint density at radius 1 is 1.33 bits per heavy atom. The second-order valence-corrected chi connectivity index (χ2v) is 5.26. The largest absolute Gasteiger partial charge is 0.396 e. The lowest BCUT2D eigenvalue weighted by molar-refractivity contribution is -0.384. The lowest BCUT2D eigenvalue weighted by Gasteiger charge is -2.35. The van der Waals surface area contributed by atoms with Gasteiger partial charge in [0.05, 0.1) is 4.92 Å². The minimum Gasteiger partial charge on any atom is -0.396 e. The van der Waals surface area contributed by atoms with Crippen molar-refractivity contribution in [1.82, 2.24) is 14.7 Å². The fourth-order valence-electron chi connectivity index (χ4n) is 2.82. The maximum absolute atomic E-state index is 11.4. The molecule has 0 amide bonds. The topological polar surface area (TPSA) is 87.7 Å². The van der Waals surface area contributed by atoms with E-state index in [9.17, 15) is 10.1 Å². The summed E-state index contributed by atoms with van der Waals surface area (Å²) in [6.07, 6.45) is 1.33. The Bertz CT molecular complexity index is 494. The predicted molar refractivity (Wildman–Crippen MR) is 79.6 cm³/mol. The van der Waals surface area contributed by atoms with Crippen molar-refractivity contribution in [1.29, 1.82) is 0 Å². The van der Waals surface area contributed by atoms with Crippen LogP contribution in [0.4, 0.5) is 11.5 Å². The van der Waals surface area contributed by atoms with Gasteiger partial charge in [0.2, 0.25) is 5.82 Å². The third kappa shape index (κ3) is 3.33. The summed E-state index contributed by atoms with van der Waals surface area (Å²) in [5, 5.41) is 24.5. The summed E-state index contributed by atoms with van der Waals surface area (Å²) in [5.41, 5.74) is 0.684. The molecule has 1 aliphatic rings. The molecule has 0 saturated carbocycles. The zero-order valence-electron chi connectivity index (χ0n) is 12.7. The molecule has 1 aromatic heterocycles. The van der Waals surface area contributed by atoms with Crippen molar-refractivity contribution in [3.63, 3.8) is 0 Å². The van der Waals surface area contributed by atoms with Crippen molar-refractivity contribution < 1.29 is 10.0 Å². The number of aliphatic hydroxyl groups is 1. The monoisotopic (exact) mass is 297 g/mol. The van der Waals surface area contributed by atoms with E-state index in [4.69, 9.17) is 5.11 Å². The molecule has 8 nitrogen and oxygen atoms in total. The van der Waals surface area contributed by atoms with Crippen molar-refractivity contribution in [2.75, 3.05) is 44.2 Å². The molecule has 0 unspecified atom stereocenters. The summed E-state index contributed by atoms with van der Waals surface area (Å²) < 4.78 is 1.63. The molecular formula is C13H23N5O3. The number of piperazine rings is 1. The van der Waals surface area contributed by atoms with Gasteiger partial charge in [-0.3, -0.25) is 15.0 Å². The maximum atomic E-state index is 11.4. The summed E-state index contributed by atoms with van der Waals surface area (Å²) in [6, 6.07) is 0. The van der Waals surface area contributed by atoms with E-state index in [2.05, 4.69) is 10.00 Å². The fraction of sp³-hybridized carbons (Fsp3) is 0.769. The Morgan fingerprint density at radius 3 is 2.52 bits per heavy atom. The van der Waals surface area contributed by atoms with E-state index in [0.29, 0.717) is 17.9 Å². The van der Waals surface area contributed by atoms with Crippen LogP contribution in [0.25, 0.3) is 0 Å². The van der Waals surface area contributed by atoms with Crippen LogP contribution in [0.1, 0.15) is 19.0 Å². The number of nitrogens with zero attached hydrogens (tertiary/aromatic N) is 5. The van der Waals surface area contributed by atoms with Gasteiger partial charge in [-0.1, -0.05) is 6.92 Å². The predicted octanol–water partition coefficient (Wildman–Crippen LogP) is 0.395. The van der Waals surface area contributed by atoms with Crippen LogP contribution in [0.5, 0.6) is 0 Å². The van der Waals surface area contributed by atoms with E-state index >= 15 is 0 Å². The van der Waals surface area contributed by atoms with Gasteiger partial charge in [-0.15, -0.1) is 0 Å². The van der Waals surface area contributed by atoms with Crippen molar-refractivity contribution in [3.05, 3.63) is 15.8 Å². The van der Waals surface area contributed by atoms with E-state index in [1.54, 1.807) is 11.7 Å². The SMILES string of the molecule is CCc1nn(C)c(N2CCN(CCCO)CC2)c1[N+](=O)[O-]. The highest BCUT2D eigenvalue weighted by Gasteiger charge is 2.31. The summed E-state index contributed by atoms with van der Waals surface area (Å²) >= 11 is 0. The van der Waals surface area contributed by atoms with Gasteiger partial charge in [0, 0.05) is 46.4 Å². The maximum Gasteiger partial charge on any atom is 0.334 e. The molecule has 1 N–H and O–H groups in total. The van der Waals surface area contributed by atoms with E-state index in [-0.39, 0.29) is 17.2 Å². The van der Waals surface area contributed by atoms with Gasteiger partial charge in [-0.25, -0.2) is 4.68 Å². The Balaban J connectivity index is 2.13. The molecule has 21 heavy (non-hydrogen) atoms. The third-order valence-corrected chi connectivity index (χ3v) is 3.88. The van der Waals surface area contributed by atoms with Crippen molar-refractivity contribution >= 4 is 11.5 Å². The van der Waals surface area contributed by atoms with Crippen molar-refractivity contribution in [2.24, 2.45) is 7.05 Å². The lowest BCUT2D eigenvalue weighted by Crippen LogP contribution is -2.47. The molecular weight excluding hydrogens is 274 g/mol. The van der Waals surface area contributed by atoms with Gasteiger partial charge < -0.3 is 10.0 Å². The van der Waals surface area contributed by atoms with Crippen LogP contribution in [0.3, 0.4) is 0 Å². The molecule has 0 radical (unpaired) electrons. The minimum atomic E-state index is -0.320. The molecule has 2 rings (SSSR count). The molecule has 1 aliphatic heterocycles. The van der Waals surface area contributed by atoms with Gasteiger partial charge in [0.15, 0.2) is 0 Å². The highest BCUT2D eigenvalue weighted by Crippen LogP contribution is 2.32. The molecule has 1 fully saturated rings. The zero-order chi connectivity index (χ0) is 15.4. The van der Waals surface area contributed by atoms with Gasteiger partial charge >= 0.3 is 5.69 Å². The number of hydrogen-bond donors (Lipinski definition) is 1. The van der Waals surface area contributed by atoms with Crippen LogP contribution in [-0.2, 0) is 13.5 Å². The van der Waals surface area contributed by atoms with Crippen LogP contribution >= 0.6 is 0 Å². The first-order valence-electron chi connectivity index (χ1n) is 7.36. The molecule has 0 aliphatic carbocycles. The van der Waals surface area contributed by atoms with Crippen LogP contribution in [0, 0.1) is 10.1 Å². The summed E-state index contributed by atoms with van der Waals surface area (Å²) in [4.78, 5) is 15.3. The number of aliphatic hydroxyl groups excluding tert-OH is 1.